The maximum atomic E-state index is 11.2. The van der Waals surface area contributed by atoms with E-state index < -0.39 is 12.3 Å². The fourth-order valence-electron chi connectivity index (χ4n) is 2.28. The number of likely N-dealkylation sites (tertiary alicyclic amines) is 1. The van der Waals surface area contributed by atoms with Gasteiger partial charge in [-0.25, -0.2) is 4.79 Å². The van der Waals surface area contributed by atoms with Gasteiger partial charge in [0.25, 0.3) is 0 Å². The van der Waals surface area contributed by atoms with Gasteiger partial charge in [-0.3, -0.25) is 4.90 Å². The van der Waals surface area contributed by atoms with Crippen LogP contribution in [0.25, 0.3) is 0 Å². The molecule has 4 heteroatoms. The summed E-state index contributed by atoms with van der Waals surface area (Å²) >= 11 is 0. The van der Waals surface area contributed by atoms with Gasteiger partial charge in [0.05, 0.1) is 0 Å². The Morgan fingerprint density at radius 1 is 1.38 bits per heavy atom. The van der Waals surface area contributed by atoms with E-state index in [-0.39, 0.29) is 6.04 Å². The van der Waals surface area contributed by atoms with Crippen LogP contribution >= 0.6 is 0 Å². The molecule has 2 atom stereocenters. The molecule has 0 bridgehead atoms. The van der Waals surface area contributed by atoms with E-state index in [0.29, 0.717) is 6.42 Å². The molecule has 2 rings (SSSR count). The van der Waals surface area contributed by atoms with Crippen LogP contribution < -0.4 is 5.73 Å². The lowest BCUT2D eigenvalue weighted by Gasteiger charge is -2.25. The fraction of sp³-hybridized carbons (Fsp3) is 0.417. The van der Waals surface area contributed by atoms with Crippen LogP contribution in [-0.2, 0) is 6.42 Å². The van der Waals surface area contributed by atoms with E-state index in [4.69, 9.17) is 5.73 Å². The molecular formula is C12H16N2O2. The van der Waals surface area contributed by atoms with Gasteiger partial charge in [-0.15, -0.1) is 0 Å². The van der Waals surface area contributed by atoms with Gasteiger partial charge in [-0.2, -0.15) is 0 Å². The molecule has 0 saturated carbocycles. The summed E-state index contributed by atoms with van der Waals surface area (Å²) in [7, 11) is 0. The Bertz CT molecular complexity index is 367. The maximum absolute atomic E-state index is 11.2. The Labute approximate surface area is 94.7 Å². The van der Waals surface area contributed by atoms with E-state index in [2.05, 4.69) is 0 Å². The van der Waals surface area contributed by atoms with Gasteiger partial charge in [0.1, 0.15) is 6.23 Å². The van der Waals surface area contributed by atoms with Crippen molar-refractivity contribution in [3.05, 3.63) is 35.9 Å². The molecule has 0 radical (unpaired) electrons. The second kappa shape index (κ2) is 4.53. The highest BCUT2D eigenvalue weighted by molar-refractivity contribution is 5.73. The lowest BCUT2D eigenvalue weighted by molar-refractivity contribution is 0.0483. The first-order valence-corrected chi connectivity index (χ1v) is 5.48. The molecule has 2 amide bonds. The summed E-state index contributed by atoms with van der Waals surface area (Å²) in [6.45, 7) is 0. The van der Waals surface area contributed by atoms with Crippen LogP contribution in [0.3, 0.4) is 0 Å². The predicted octanol–water partition coefficient (Wildman–Crippen LogP) is 1.09. The average Bonchev–Trinajstić information content (AvgIpc) is 2.61. The number of carbonyl (C=O) groups excluding carboxylic acids is 1. The Morgan fingerprint density at radius 3 is 2.69 bits per heavy atom. The summed E-state index contributed by atoms with van der Waals surface area (Å²) in [6, 6.07) is 9.41. The van der Waals surface area contributed by atoms with E-state index in [1.807, 2.05) is 30.3 Å². The van der Waals surface area contributed by atoms with Gasteiger partial charge >= 0.3 is 6.03 Å². The quantitative estimate of drug-likeness (QED) is 0.783. The molecule has 16 heavy (non-hydrogen) atoms. The highest BCUT2D eigenvalue weighted by Gasteiger charge is 2.34. The molecule has 3 N–H and O–H groups in total. The minimum absolute atomic E-state index is 0.0231. The first-order valence-electron chi connectivity index (χ1n) is 5.48. The Kier molecular flexibility index (Phi) is 3.10. The Morgan fingerprint density at radius 2 is 2.06 bits per heavy atom. The van der Waals surface area contributed by atoms with E-state index in [1.165, 1.54) is 4.90 Å². The number of nitrogens with two attached hydrogens (primary N) is 1. The van der Waals surface area contributed by atoms with Gasteiger partial charge in [0, 0.05) is 6.04 Å². The monoisotopic (exact) mass is 220 g/mol. The van der Waals surface area contributed by atoms with Crippen LogP contribution in [-0.4, -0.2) is 28.3 Å². The molecule has 1 fully saturated rings. The number of aliphatic hydroxyl groups excluding tert-OH is 1. The number of nitrogens with zero attached hydrogens (tertiary/aromatic N) is 1. The standard InChI is InChI=1S/C12H16N2O2/c13-12(16)14-10(6-7-11(14)15)8-9-4-2-1-3-5-9/h1-5,10-11,15H,6-8H2,(H2,13,16)/t10-,11-/m0/s1. The smallest absolute Gasteiger partial charge is 0.317 e. The topological polar surface area (TPSA) is 66.6 Å². The molecular weight excluding hydrogens is 204 g/mol. The van der Waals surface area contributed by atoms with Crippen molar-refractivity contribution in [2.24, 2.45) is 5.73 Å². The van der Waals surface area contributed by atoms with Crippen LogP contribution in [0.15, 0.2) is 30.3 Å². The summed E-state index contributed by atoms with van der Waals surface area (Å²) in [6.07, 6.45) is 1.45. The first-order chi connectivity index (χ1) is 7.68. The van der Waals surface area contributed by atoms with Crippen LogP contribution in [0, 0.1) is 0 Å². The molecule has 4 nitrogen and oxygen atoms in total. The number of rotatable bonds is 2. The van der Waals surface area contributed by atoms with Crippen molar-refractivity contribution in [3.63, 3.8) is 0 Å². The third-order valence-corrected chi connectivity index (χ3v) is 3.04. The van der Waals surface area contributed by atoms with Crippen LogP contribution in [0.1, 0.15) is 18.4 Å². The van der Waals surface area contributed by atoms with Crippen molar-refractivity contribution >= 4 is 6.03 Å². The number of hydrogen-bond acceptors (Lipinski definition) is 2. The molecule has 0 aliphatic carbocycles. The van der Waals surface area contributed by atoms with Crippen molar-refractivity contribution in [2.45, 2.75) is 31.5 Å². The lowest BCUT2D eigenvalue weighted by atomic mass is 10.0. The first kappa shape index (κ1) is 11.0. The van der Waals surface area contributed by atoms with Crippen LogP contribution in [0.4, 0.5) is 4.79 Å². The maximum Gasteiger partial charge on any atom is 0.317 e. The molecule has 1 aliphatic rings. The average molecular weight is 220 g/mol. The van der Waals surface area contributed by atoms with E-state index >= 15 is 0 Å². The van der Waals surface area contributed by atoms with Crippen molar-refractivity contribution in [2.75, 3.05) is 0 Å². The molecule has 1 heterocycles. The summed E-state index contributed by atoms with van der Waals surface area (Å²) in [5.41, 5.74) is 6.42. The SMILES string of the molecule is NC(=O)N1[C@H](Cc2ccccc2)CC[C@@H]1O. The molecule has 86 valence electrons. The van der Waals surface area contributed by atoms with Crippen molar-refractivity contribution in [1.29, 1.82) is 0 Å². The number of amides is 2. The summed E-state index contributed by atoms with van der Waals surface area (Å²) in [5.74, 6) is 0. The minimum atomic E-state index is -0.716. The molecule has 1 aromatic carbocycles. The molecule has 1 aliphatic heterocycles. The molecule has 1 saturated heterocycles. The van der Waals surface area contributed by atoms with E-state index in [9.17, 15) is 9.90 Å². The Balaban J connectivity index is 2.07. The number of urea groups is 1. The normalized spacial score (nSPS) is 24.7. The summed E-state index contributed by atoms with van der Waals surface area (Å²) in [4.78, 5) is 12.6. The highest BCUT2D eigenvalue weighted by Crippen LogP contribution is 2.24. The zero-order valence-corrected chi connectivity index (χ0v) is 9.04. The van der Waals surface area contributed by atoms with Crippen molar-refractivity contribution in [3.8, 4) is 0 Å². The molecule has 0 aromatic heterocycles. The van der Waals surface area contributed by atoms with Crippen molar-refractivity contribution < 1.29 is 9.90 Å². The molecule has 0 unspecified atom stereocenters. The van der Waals surface area contributed by atoms with Gasteiger partial charge in [-0.05, 0) is 24.8 Å². The number of benzene rings is 1. The zero-order valence-electron chi connectivity index (χ0n) is 9.04. The highest BCUT2D eigenvalue weighted by atomic mass is 16.3. The van der Waals surface area contributed by atoms with Gasteiger partial charge in [0.2, 0.25) is 0 Å². The van der Waals surface area contributed by atoms with Gasteiger partial charge in [0.15, 0.2) is 0 Å². The van der Waals surface area contributed by atoms with E-state index in [1.54, 1.807) is 0 Å². The van der Waals surface area contributed by atoms with Gasteiger partial charge in [-0.1, -0.05) is 30.3 Å². The number of aliphatic hydroxyl groups is 1. The molecule has 1 aromatic rings. The number of carbonyl (C=O) groups is 1. The molecule has 0 spiro atoms. The van der Waals surface area contributed by atoms with Gasteiger partial charge < -0.3 is 10.8 Å². The Hall–Kier alpha value is -1.55. The number of hydrogen-bond donors (Lipinski definition) is 2. The second-order valence-corrected chi connectivity index (χ2v) is 4.15. The van der Waals surface area contributed by atoms with Crippen LogP contribution in [0.5, 0.6) is 0 Å². The minimum Gasteiger partial charge on any atom is -0.373 e. The third-order valence-electron chi connectivity index (χ3n) is 3.04. The second-order valence-electron chi connectivity index (χ2n) is 4.15. The third kappa shape index (κ3) is 2.17. The predicted molar refractivity (Wildman–Crippen MR) is 60.6 cm³/mol. The fourth-order valence-corrected chi connectivity index (χ4v) is 2.28. The zero-order chi connectivity index (χ0) is 11.5. The lowest BCUT2D eigenvalue weighted by Crippen LogP contribution is -2.45. The number of primary amides is 1. The van der Waals surface area contributed by atoms with E-state index in [0.717, 1.165) is 18.4 Å². The summed E-state index contributed by atoms with van der Waals surface area (Å²) in [5, 5.41) is 9.63. The summed E-state index contributed by atoms with van der Waals surface area (Å²) < 4.78 is 0. The van der Waals surface area contributed by atoms with Crippen molar-refractivity contribution in [1.82, 2.24) is 4.90 Å². The van der Waals surface area contributed by atoms with Crippen LogP contribution in [0.2, 0.25) is 0 Å². The largest absolute Gasteiger partial charge is 0.373 e.